The average molecular weight is 159 g/mol. The number of rotatable bonds is 1. The van der Waals surface area contributed by atoms with E-state index in [0.29, 0.717) is 6.61 Å². The van der Waals surface area contributed by atoms with Gasteiger partial charge in [0, 0.05) is 12.6 Å². The van der Waals surface area contributed by atoms with Crippen molar-refractivity contribution in [1.29, 1.82) is 0 Å². The second kappa shape index (κ2) is 4.04. The molecule has 3 atom stereocenters. The third kappa shape index (κ3) is 2.43. The van der Waals surface area contributed by atoms with E-state index in [0.717, 1.165) is 13.0 Å². The van der Waals surface area contributed by atoms with Gasteiger partial charge in [-0.25, -0.2) is 0 Å². The molecule has 1 saturated heterocycles. The summed E-state index contributed by atoms with van der Waals surface area (Å²) in [6.07, 6.45) is 0.924. The fourth-order valence-corrected chi connectivity index (χ4v) is 1.15. The van der Waals surface area contributed by atoms with E-state index in [4.69, 9.17) is 4.74 Å². The third-order valence-electron chi connectivity index (χ3n) is 2.20. The van der Waals surface area contributed by atoms with E-state index in [1.54, 1.807) is 0 Å². The standard InChI is InChI=1S/C8H17NO2/c1-3-7-4-9-6(2)8(10)5-11-7/h6-10H,3-5H2,1-2H3. The molecule has 3 unspecified atom stereocenters. The van der Waals surface area contributed by atoms with Crippen molar-refractivity contribution in [1.82, 2.24) is 5.32 Å². The second-order valence-electron chi connectivity index (χ2n) is 3.13. The van der Waals surface area contributed by atoms with Crippen LogP contribution in [0.2, 0.25) is 0 Å². The molecular formula is C8H17NO2. The molecule has 0 bridgehead atoms. The predicted molar refractivity (Wildman–Crippen MR) is 43.5 cm³/mol. The van der Waals surface area contributed by atoms with E-state index in [2.05, 4.69) is 12.2 Å². The van der Waals surface area contributed by atoms with E-state index in [-0.39, 0.29) is 18.2 Å². The molecule has 11 heavy (non-hydrogen) atoms. The van der Waals surface area contributed by atoms with Crippen LogP contribution in [-0.2, 0) is 4.74 Å². The highest BCUT2D eigenvalue weighted by molar-refractivity contribution is 4.76. The Bertz CT molecular complexity index is 107. The third-order valence-corrected chi connectivity index (χ3v) is 2.20. The lowest BCUT2D eigenvalue weighted by Gasteiger charge is -2.13. The molecule has 66 valence electrons. The smallest absolute Gasteiger partial charge is 0.0923 e. The second-order valence-corrected chi connectivity index (χ2v) is 3.13. The fraction of sp³-hybridized carbons (Fsp3) is 1.00. The Hall–Kier alpha value is -0.120. The number of ether oxygens (including phenoxy) is 1. The lowest BCUT2D eigenvalue weighted by molar-refractivity contribution is 0.00520. The number of hydrogen-bond donors (Lipinski definition) is 2. The van der Waals surface area contributed by atoms with Gasteiger partial charge >= 0.3 is 0 Å². The minimum atomic E-state index is -0.355. The van der Waals surface area contributed by atoms with Crippen molar-refractivity contribution in [2.45, 2.75) is 38.5 Å². The largest absolute Gasteiger partial charge is 0.389 e. The lowest BCUT2D eigenvalue weighted by atomic mass is 10.2. The van der Waals surface area contributed by atoms with Crippen LogP contribution >= 0.6 is 0 Å². The maximum Gasteiger partial charge on any atom is 0.0923 e. The Morgan fingerprint density at radius 1 is 1.64 bits per heavy atom. The van der Waals surface area contributed by atoms with E-state index in [9.17, 15) is 5.11 Å². The van der Waals surface area contributed by atoms with E-state index in [1.165, 1.54) is 0 Å². The van der Waals surface area contributed by atoms with Gasteiger partial charge in [0.05, 0.1) is 18.8 Å². The van der Waals surface area contributed by atoms with Crippen LogP contribution in [0.1, 0.15) is 20.3 Å². The Labute approximate surface area is 67.7 Å². The Kier molecular flexibility index (Phi) is 3.30. The molecule has 1 rings (SSSR count). The molecular weight excluding hydrogens is 142 g/mol. The minimum Gasteiger partial charge on any atom is -0.389 e. The summed E-state index contributed by atoms with van der Waals surface area (Å²) in [5, 5.41) is 12.6. The van der Waals surface area contributed by atoms with Crippen LogP contribution in [0.4, 0.5) is 0 Å². The zero-order valence-corrected chi connectivity index (χ0v) is 7.21. The van der Waals surface area contributed by atoms with Gasteiger partial charge in [-0.3, -0.25) is 0 Å². The maximum absolute atomic E-state index is 9.38. The highest BCUT2D eigenvalue weighted by atomic mass is 16.5. The first-order chi connectivity index (χ1) is 5.24. The van der Waals surface area contributed by atoms with Crippen LogP contribution < -0.4 is 5.32 Å². The molecule has 0 radical (unpaired) electrons. The van der Waals surface area contributed by atoms with Gasteiger partial charge < -0.3 is 15.2 Å². The molecule has 1 fully saturated rings. The van der Waals surface area contributed by atoms with Crippen LogP contribution in [-0.4, -0.2) is 36.5 Å². The number of hydrogen-bond acceptors (Lipinski definition) is 3. The first-order valence-corrected chi connectivity index (χ1v) is 4.27. The van der Waals surface area contributed by atoms with Crippen molar-refractivity contribution in [3.05, 3.63) is 0 Å². The van der Waals surface area contributed by atoms with Gasteiger partial charge in [0.15, 0.2) is 0 Å². The number of aliphatic hydroxyl groups is 1. The molecule has 3 nitrogen and oxygen atoms in total. The molecule has 1 aliphatic rings. The lowest BCUT2D eigenvalue weighted by Crippen LogP contribution is -2.38. The molecule has 0 spiro atoms. The summed E-state index contributed by atoms with van der Waals surface area (Å²) >= 11 is 0. The van der Waals surface area contributed by atoms with Crippen LogP contribution in [0.3, 0.4) is 0 Å². The number of aliphatic hydroxyl groups excluding tert-OH is 1. The van der Waals surface area contributed by atoms with Crippen LogP contribution in [0.5, 0.6) is 0 Å². The summed E-state index contributed by atoms with van der Waals surface area (Å²) in [6, 6.07) is 0.159. The summed E-state index contributed by atoms with van der Waals surface area (Å²) in [7, 11) is 0. The molecule has 1 aliphatic heterocycles. The molecule has 1 heterocycles. The fourth-order valence-electron chi connectivity index (χ4n) is 1.15. The first kappa shape index (κ1) is 8.97. The van der Waals surface area contributed by atoms with E-state index in [1.807, 2.05) is 6.92 Å². The number of nitrogens with one attached hydrogen (secondary N) is 1. The normalized spacial score (nSPS) is 40.1. The van der Waals surface area contributed by atoms with Crippen molar-refractivity contribution in [2.75, 3.05) is 13.2 Å². The zero-order valence-electron chi connectivity index (χ0n) is 7.21. The molecule has 0 aliphatic carbocycles. The molecule has 0 amide bonds. The van der Waals surface area contributed by atoms with Crippen molar-refractivity contribution in [3.63, 3.8) is 0 Å². The summed E-state index contributed by atoms with van der Waals surface area (Å²) < 4.78 is 5.42. The Balaban J connectivity index is 2.38. The molecule has 2 N–H and O–H groups in total. The van der Waals surface area contributed by atoms with Crippen LogP contribution in [0, 0.1) is 0 Å². The predicted octanol–water partition coefficient (Wildman–Crippen LogP) is 0.134. The van der Waals surface area contributed by atoms with Crippen molar-refractivity contribution in [2.24, 2.45) is 0 Å². The SMILES string of the molecule is CCC1CNC(C)C(O)CO1. The van der Waals surface area contributed by atoms with E-state index < -0.39 is 0 Å². The summed E-state index contributed by atoms with van der Waals surface area (Å²) in [6.45, 7) is 5.39. The Morgan fingerprint density at radius 2 is 2.36 bits per heavy atom. The Morgan fingerprint density at radius 3 is 3.00 bits per heavy atom. The highest BCUT2D eigenvalue weighted by Crippen LogP contribution is 2.05. The van der Waals surface area contributed by atoms with Crippen LogP contribution in [0.15, 0.2) is 0 Å². The van der Waals surface area contributed by atoms with Crippen molar-refractivity contribution in [3.8, 4) is 0 Å². The maximum atomic E-state index is 9.38. The van der Waals surface area contributed by atoms with Gasteiger partial charge in [-0.2, -0.15) is 0 Å². The summed E-state index contributed by atoms with van der Waals surface area (Å²) in [5.74, 6) is 0. The minimum absolute atomic E-state index is 0.159. The van der Waals surface area contributed by atoms with Gasteiger partial charge in [0.2, 0.25) is 0 Å². The van der Waals surface area contributed by atoms with Gasteiger partial charge in [-0.05, 0) is 13.3 Å². The zero-order chi connectivity index (χ0) is 8.27. The van der Waals surface area contributed by atoms with Gasteiger partial charge in [-0.1, -0.05) is 6.92 Å². The molecule has 0 aromatic carbocycles. The van der Waals surface area contributed by atoms with Crippen molar-refractivity contribution < 1.29 is 9.84 Å². The quantitative estimate of drug-likeness (QED) is 0.571. The first-order valence-electron chi connectivity index (χ1n) is 4.27. The van der Waals surface area contributed by atoms with Crippen molar-refractivity contribution >= 4 is 0 Å². The molecule has 0 saturated carbocycles. The summed E-state index contributed by atoms with van der Waals surface area (Å²) in [4.78, 5) is 0. The average Bonchev–Trinajstić information content (AvgIpc) is 2.16. The molecule has 3 heteroatoms. The molecule has 0 aromatic heterocycles. The summed E-state index contributed by atoms with van der Waals surface area (Å²) in [5.41, 5.74) is 0. The topological polar surface area (TPSA) is 41.5 Å². The van der Waals surface area contributed by atoms with Gasteiger partial charge in [0.1, 0.15) is 0 Å². The van der Waals surface area contributed by atoms with E-state index >= 15 is 0 Å². The van der Waals surface area contributed by atoms with Gasteiger partial charge in [-0.15, -0.1) is 0 Å². The van der Waals surface area contributed by atoms with Crippen LogP contribution in [0.25, 0.3) is 0 Å². The molecule has 0 aromatic rings. The van der Waals surface area contributed by atoms with Gasteiger partial charge in [0.25, 0.3) is 0 Å². The highest BCUT2D eigenvalue weighted by Gasteiger charge is 2.21. The monoisotopic (exact) mass is 159 g/mol.